The van der Waals surface area contributed by atoms with Crippen molar-refractivity contribution >= 4 is 34.7 Å². The summed E-state index contributed by atoms with van der Waals surface area (Å²) in [5.41, 5.74) is 6.73. The third-order valence-electron chi connectivity index (χ3n) is 2.83. The van der Waals surface area contributed by atoms with E-state index >= 15 is 0 Å². The van der Waals surface area contributed by atoms with Gasteiger partial charge in [0.1, 0.15) is 5.82 Å². The summed E-state index contributed by atoms with van der Waals surface area (Å²) in [4.78, 5) is 12.2. The lowest BCUT2D eigenvalue weighted by Crippen LogP contribution is -2.05. The maximum absolute atomic E-state index is 13.6. The van der Waals surface area contributed by atoms with Gasteiger partial charge in [-0.25, -0.2) is 4.39 Å². The van der Waals surface area contributed by atoms with Gasteiger partial charge < -0.3 is 5.73 Å². The Balaban J connectivity index is 2.47. The monoisotopic (exact) mass is 297 g/mol. The Morgan fingerprint density at radius 1 is 1.11 bits per heavy atom. The van der Waals surface area contributed by atoms with E-state index in [1.54, 1.807) is 6.92 Å². The van der Waals surface area contributed by atoms with Crippen molar-refractivity contribution in [3.05, 3.63) is 62.9 Å². The number of rotatable bonds is 2. The van der Waals surface area contributed by atoms with Crippen LogP contribution >= 0.6 is 23.2 Å². The van der Waals surface area contributed by atoms with Gasteiger partial charge in [-0.15, -0.1) is 0 Å². The quantitative estimate of drug-likeness (QED) is 0.665. The molecule has 0 fully saturated rings. The maximum Gasteiger partial charge on any atom is 0.193 e. The van der Waals surface area contributed by atoms with Crippen LogP contribution < -0.4 is 5.73 Å². The van der Waals surface area contributed by atoms with Gasteiger partial charge in [0.25, 0.3) is 0 Å². The van der Waals surface area contributed by atoms with E-state index < -0.39 is 5.82 Å². The van der Waals surface area contributed by atoms with Crippen molar-refractivity contribution in [2.45, 2.75) is 6.92 Å². The van der Waals surface area contributed by atoms with Gasteiger partial charge in [-0.1, -0.05) is 23.2 Å². The second-order valence-corrected chi connectivity index (χ2v) is 4.94. The second-order valence-electron chi connectivity index (χ2n) is 4.13. The number of benzene rings is 2. The zero-order valence-electron chi connectivity index (χ0n) is 10.0. The van der Waals surface area contributed by atoms with Crippen LogP contribution in [0.5, 0.6) is 0 Å². The fourth-order valence-electron chi connectivity index (χ4n) is 1.64. The normalized spacial score (nSPS) is 10.5. The number of nitrogen functional groups attached to an aromatic ring is 1. The summed E-state index contributed by atoms with van der Waals surface area (Å²) in [6, 6.07) is 7.11. The van der Waals surface area contributed by atoms with E-state index in [9.17, 15) is 9.18 Å². The number of hydrogen-bond donors (Lipinski definition) is 1. The molecule has 0 saturated heterocycles. The molecule has 0 amide bonds. The lowest BCUT2D eigenvalue weighted by atomic mass is 10.0. The molecule has 2 aromatic rings. The maximum atomic E-state index is 13.6. The molecule has 0 aromatic heterocycles. The van der Waals surface area contributed by atoms with E-state index in [1.165, 1.54) is 24.3 Å². The van der Waals surface area contributed by atoms with E-state index in [-0.39, 0.29) is 22.1 Å². The standard InChI is InChI=1S/C14H10Cl2FNO/c1-7-12(17)5-9(6-13(7)18)14(19)8-2-3-10(15)11(16)4-8/h2-6H,18H2,1H3. The molecule has 0 aliphatic heterocycles. The van der Waals surface area contributed by atoms with Crippen molar-refractivity contribution in [3.63, 3.8) is 0 Å². The Labute approximate surface area is 119 Å². The number of ketones is 1. The van der Waals surface area contributed by atoms with Crippen LogP contribution in [-0.2, 0) is 0 Å². The largest absolute Gasteiger partial charge is 0.398 e. The molecule has 0 radical (unpaired) electrons. The molecule has 19 heavy (non-hydrogen) atoms. The second kappa shape index (κ2) is 5.19. The molecule has 2 rings (SSSR count). The lowest BCUT2D eigenvalue weighted by Gasteiger charge is -2.07. The van der Waals surface area contributed by atoms with E-state index in [0.717, 1.165) is 6.07 Å². The first-order chi connectivity index (χ1) is 8.90. The van der Waals surface area contributed by atoms with Crippen LogP contribution in [0.3, 0.4) is 0 Å². The molecular weight excluding hydrogens is 288 g/mol. The minimum atomic E-state index is -0.511. The van der Waals surface area contributed by atoms with Crippen LogP contribution in [0.2, 0.25) is 10.0 Å². The fraction of sp³-hybridized carbons (Fsp3) is 0.0714. The Morgan fingerprint density at radius 2 is 1.79 bits per heavy atom. The first-order valence-corrected chi connectivity index (χ1v) is 6.21. The van der Waals surface area contributed by atoms with Gasteiger partial charge in [0.05, 0.1) is 10.0 Å². The minimum absolute atomic E-state index is 0.180. The number of carbonyl (C=O) groups excluding carboxylic acids is 1. The van der Waals surface area contributed by atoms with Crippen molar-refractivity contribution in [3.8, 4) is 0 Å². The van der Waals surface area contributed by atoms with Gasteiger partial charge >= 0.3 is 0 Å². The number of anilines is 1. The molecule has 0 aliphatic rings. The molecule has 2 N–H and O–H groups in total. The first kappa shape index (κ1) is 13.8. The van der Waals surface area contributed by atoms with Crippen molar-refractivity contribution in [1.82, 2.24) is 0 Å². The molecule has 0 saturated carbocycles. The predicted molar refractivity (Wildman–Crippen MR) is 75.4 cm³/mol. The van der Waals surface area contributed by atoms with E-state index in [4.69, 9.17) is 28.9 Å². The zero-order valence-corrected chi connectivity index (χ0v) is 11.5. The number of carbonyl (C=O) groups is 1. The molecule has 2 nitrogen and oxygen atoms in total. The number of hydrogen-bond acceptors (Lipinski definition) is 2. The topological polar surface area (TPSA) is 43.1 Å². The van der Waals surface area contributed by atoms with Crippen LogP contribution in [0, 0.1) is 12.7 Å². The summed E-state index contributed by atoms with van der Waals surface area (Å²) in [7, 11) is 0. The Kier molecular flexibility index (Phi) is 3.78. The first-order valence-electron chi connectivity index (χ1n) is 5.45. The molecule has 2 aromatic carbocycles. The number of nitrogens with two attached hydrogens (primary N) is 1. The van der Waals surface area contributed by atoms with Gasteiger partial charge in [-0.2, -0.15) is 0 Å². The highest BCUT2D eigenvalue weighted by atomic mass is 35.5. The van der Waals surface area contributed by atoms with E-state index in [0.29, 0.717) is 16.1 Å². The Hall–Kier alpha value is -1.58. The molecule has 0 spiro atoms. The minimum Gasteiger partial charge on any atom is -0.398 e. The van der Waals surface area contributed by atoms with Crippen LogP contribution in [0.25, 0.3) is 0 Å². The molecule has 0 heterocycles. The van der Waals surface area contributed by atoms with Crippen molar-refractivity contribution < 1.29 is 9.18 Å². The lowest BCUT2D eigenvalue weighted by molar-refractivity contribution is 0.103. The van der Waals surface area contributed by atoms with Crippen molar-refractivity contribution in [2.75, 3.05) is 5.73 Å². The molecule has 0 bridgehead atoms. The van der Waals surface area contributed by atoms with Crippen LogP contribution in [-0.4, -0.2) is 5.78 Å². The average Bonchev–Trinajstić information content (AvgIpc) is 2.37. The average molecular weight is 298 g/mol. The van der Waals surface area contributed by atoms with E-state index in [1.807, 2.05) is 0 Å². The van der Waals surface area contributed by atoms with Crippen LogP contribution in [0.4, 0.5) is 10.1 Å². The smallest absolute Gasteiger partial charge is 0.193 e. The van der Waals surface area contributed by atoms with Gasteiger partial charge in [-0.05, 0) is 37.3 Å². The molecule has 0 atom stereocenters. The van der Waals surface area contributed by atoms with Crippen molar-refractivity contribution in [1.29, 1.82) is 0 Å². The molecule has 0 aliphatic carbocycles. The summed E-state index contributed by atoms with van der Waals surface area (Å²) < 4.78 is 13.6. The summed E-state index contributed by atoms with van der Waals surface area (Å²) in [6.07, 6.45) is 0. The van der Waals surface area contributed by atoms with Gasteiger partial charge in [0, 0.05) is 22.4 Å². The third kappa shape index (κ3) is 2.72. The summed E-state index contributed by atoms with van der Waals surface area (Å²) in [5.74, 6) is -0.868. The number of halogens is 3. The zero-order chi connectivity index (χ0) is 14.2. The highest BCUT2D eigenvalue weighted by Gasteiger charge is 2.14. The Morgan fingerprint density at radius 3 is 2.37 bits per heavy atom. The molecule has 5 heteroatoms. The van der Waals surface area contributed by atoms with Crippen LogP contribution in [0.15, 0.2) is 30.3 Å². The Bertz CT molecular complexity index is 647. The highest BCUT2D eigenvalue weighted by molar-refractivity contribution is 6.42. The fourth-order valence-corrected chi connectivity index (χ4v) is 1.93. The van der Waals surface area contributed by atoms with Crippen molar-refractivity contribution in [2.24, 2.45) is 0 Å². The van der Waals surface area contributed by atoms with Gasteiger partial charge in [0.2, 0.25) is 0 Å². The van der Waals surface area contributed by atoms with Gasteiger partial charge in [0.15, 0.2) is 5.78 Å². The highest BCUT2D eigenvalue weighted by Crippen LogP contribution is 2.25. The van der Waals surface area contributed by atoms with Gasteiger partial charge in [-0.3, -0.25) is 4.79 Å². The SMILES string of the molecule is Cc1c(N)cc(C(=O)c2ccc(Cl)c(Cl)c2)cc1F. The molecule has 0 unspecified atom stereocenters. The third-order valence-corrected chi connectivity index (χ3v) is 3.57. The molecule has 98 valence electrons. The van der Waals surface area contributed by atoms with E-state index in [2.05, 4.69) is 0 Å². The van der Waals surface area contributed by atoms with Crippen LogP contribution in [0.1, 0.15) is 21.5 Å². The summed E-state index contributed by atoms with van der Waals surface area (Å²) >= 11 is 11.6. The molecular formula is C14H10Cl2FNO. The summed E-state index contributed by atoms with van der Waals surface area (Å²) in [5, 5.41) is 0.626. The summed E-state index contributed by atoms with van der Waals surface area (Å²) in [6.45, 7) is 1.55. The predicted octanol–water partition coefficient (Wildman–Crippen LogP) is 4.25.